The molecule has 3 aliphatic heterocycles. The van der Waals surface area contributed by atoms with E-state index in [1.165, 1.54) is 0 Å². The van der Waals surface area contributed by atoms with Crippen molar-refractivity contribution in [2.24, 2.45) is 5.92 Å². The smallest absolute Gasteiger partial charge is 0.253 e. The van der Waals surface area contributed by atoms with Crippen molar-refractivity contribution in [2.45, 2.75) is 45.1 Å². The maximum atomic E-state index is 13.6. The van der Waals surface area contributed by atoms with Gasteiger partial charge in [0.15, 0.2) is 11.5 Å². The standard InChI is InChI=1S/C33H42N4O7/c1-21-16-25(7-8-28(21)42-3)33(41)37-18-26-24-6-9-29(43-4)30(17-24)44-15-5-12-36(20-31(39)34-27(26)19-37)32(40)23-10-13-35(14-11-23)22(2)38/h6-9,16-17,23,26-27H,5,10-15,18-20H2,1-4H3,(H,34,39)/t26-,27+/m1/s1. The molecular formula is C33H42N4O7. The second-order valence-electron chi connectivity index (χ2n) is 11.8. The van der Waals surface area contributed by atoms with Crippen molar-refractivity contribution in [3.8, 4) is 17.2 Å². The number of likely N-dealkylation sites (tertiary alicyclic amines) is 2. The third-order valence-electron chi connectivity index (χ3n) is 8.98. The van der Waals surface area contributed by atoms with E-state index < -0.39 is 0 Å². The van der Waals surface area contributed by atoms with Crippen LogP contribution in [0.25, 0.3) is 0 Å². The lowest BCUT2D eigenvalue weighted by atomic mass is 9.93. The fraction of sp³-hybridized carbons (Fsp3) is 0.515. The first-order valence-electron chi connectivity index (χ1n) is 15.3. The Balaban J connectivity index is 1.38. The minimum absolute atomic E-state index is 0.00897. The molecule has 2 bridgehead atoms. The van der Waals surface area contributed by atoms with Crippen molar-refractivity contribution in [1.82, 2.24) is 20.0 Å². The molecule has 0 aliphatic carbocycles. The van der Waals surface area contributed by atoms with E-state index in [2.05, 4.69) is 5.32 Å². The molecule has 0 unspecified atom stereocenters. The van der Waals surface area contributed by atoms with Gasteiger partial charge in [-0.2, -0.15) is 0 Å². The third-order valence-corrected chi connectivity index (χ3v) is 8.98. The van der Waals surface area contributed by atoms with Gasteiger partial charge in [0.1, 0.15) is 5.75 Å². The Morgan fingerprint density at radius 2 is 1.64 bits per heavy atom. The molecule has 0 aromatic heterocycles. The van der Waals surface area contributed by atoms with Crippen LogP contribution >= 0.6 is 0 Å². The summed E-state index contributed by atoms with van der Waals surface area (Å²) < 4.78 is 17.1. The Bertz CT molecular complexity index is 1400. The van der Waals surface area contributed by atoms with Gasteiger partial charge in [0.2, 0.25) is 17.7 Å². The Kier molecular flexibility index (Phi) is 9.61. The average Bonchev–Trinajstić information content (AvgIpc) is 3.44. The Morgan fingerprint density at radius 1 is 0.909 bits per heavy atom. The molecule has 2 saturated heterocycles. The number of rotatable bonds is 4. The van der Waals surface area contributed by atoms with E-state index in [4.69, 9.17) is 14.2 Å². The fourth-order valence-corrected chi connectivity index (χ4v) is 6.51. The number of fused-ring (bicyclic) bond motifs is 4. The summed E-state index contributed by atoms with van der Waals surface area (Å²) in [7, 11) is 3.18. The van der Waals surface area contributed by atoms with Crippen LogP contribution in [0, 0.1) is 12.8 Å². The molecule has 0 saturated carbocycles. The lowest BCUT2D eigenvalue weighted by Gasteiger charge is -2.34. The molecule has 236 valence electrons. The summed E-state index contributed by atoms with van der Waals surface area (Å²) in [5.41, 5.74) is 2.34. The van der Waals surface area contributed by atoms with Crippen LogP contribution in [0.4, 0.5) is 0 Å². The number of amides is 4. The molecule has 2 aromatic carbocycles. The number of hydrogen-bond donors (Lipinski definition) is 1. The van der Waals surface area contributed by atoms with E-state index in [0.717, 1.165) is 11.1 Å². The first-order valence-corrected chi connectivity index (χ1v) is 15.3. The van der Waals surface area contributed by atoms with Crippen molar-refractivity contribution in [3.05, 3.63) is 53.1 Å². The van der Waals surface area contributed by atoms with Gasteiger partial charge in [0.05, 0.1) is 33.4 Å². The zero-order valence-electron chi connectivity index (χ0n) is 26.0. The molecule has 11 heteroatoms. The number of aryl methyl sites for hydroxylation is 1. The molecule has 44 heavy (non-hydrogen) atoms. The summed E-state index contributed by atoms with van der Waals surface area (Å²) in [5, 5.41) is 3.16. The van der Waals surface area contributed by atoms with Crippen LogP contribution in [0.15, 0.2) is 36.4 Å². The molecule has 3 heterocycles. The van der Waals surface area contributed by atoms with Crippen LogP contribution in [0.3, 0.4) is 0 Å². The summed E-state index contributed by atoms with van der Waals surface area (Å²) in [6.07, 6.45) is 1.68. The van der Waals surface area contributed by atoms with Gasteiger partial charge in [-0.3, -0.25) is 19.2 Å². The Labute approximate surface area is 258 Å². The number of methoxy groups -OCH3 is 2. The monoisotopic (exact) mass is 606 g/mol. The minimum Gasteiger partial charge on any atom is -0.496 e. The summed E-state index contributed by atoms with van der Waals surface area (Å²) in [4.78, 5) is 57.7. The van der Waals surface area contributed by atoms with Crippen molar-refractivity contribution >= 4 is 23.6 Å². The number of ether oxygens (including phenoxy) is 3. The summed E-state index contributed by atoms with van der Waals surface area (Å²) >= 11 is 0. The van der Waals surface area contributed by atoms with Gasteiger partial charge < -0.3 is 34.2 Å². The molecule has 5 rings (SSSR count). The second-order valence-corrected chi connectivity index (χ2v) is 11.8. The lowest BCUT2D eigenvalue weighted by molar-refractivity contribution is -0.142. The van der Waals surface area contributed by atoms with Gasteiger partial charge in [0.25, 0.3) is 5.91 Å². The Hall–Kier alpha value is -4.28. The number of nitrogens with zero attached hydrogens (tertiary/aromatic N) is 3. The number of piperidine rings is 1. The largest absolute Gasteiger partial charge is 0.496 e. The second kappa shape index (κ2) is 13.6. The molecule has 3 aliphatic rings. The van der Waals surface area contributed by atoms with E-state index >= 15 is 0 Å². The zero-order chi connectivity index (χ0) is 31.4. The normalized spacial score (nSPS) is 21.2. The summed E-state index contributed by atoms with van der Waals surface area (Å²) in [6, 6.07) is 10.7. The van der Waals surface area contributed by atoms with Gasteiger partial charge in [-0.1, -0.05) is 6.07 Å². The first kappa shape index (κ1) is 31.2. The van der Waals surface area contributed by atoms with Crippen LogP contribution in [0.1, 0.15) is 53.6 Å². The van der Waals surface area contributed by atoms with E-state index in [0.29, 0.717) is 81.4 Å². The van der Waals surface area contributed by atoms with Crippen LogP contribution < -0.4 is 19.5 Å². The molecule has 4 amide bonds. The highest BCUT2D eigenvalue weighted by molar-refractivity contribution is 5.95. The molecule has 2 atom stereocenters. The van der Waals surface area contributed by atoms with E-state index in [1.807, 2.05) is 31.2 Å². The molecule has 0 radical (unpaired) electrons. The van der Waals surface area contributed by atoms with Gasteiger partial charge in [-0.05, 0) is 67.6 Å². The highest BCUT2D eigenvalue weighted by atomic mass is 16.5. The number of hydrogen-bond acceptors (Lipinski definition) is 7. The number of nitrogens with one attached hydrogen (secondary N) is 1. The van der Waals surface area contributed by atoms with Gasteiger partial charge in [-0.25, -0.2) is 0 Å². The average molecular weight is 607 g/mol. The van der Waals surface area contributed by atoms with Crippen LogP contribution in [0.5, 0.6) is 17.2 Å². The predicted octanol–water partition coefficient (Wildman–Crippen LogP) is 2.61. The van der Waals surface area contributed by atoms with Crippen molar-refractivity contribution in [2.75, 3.05) is 60.1 Å². The maximum absolute atomic E-state index is 13.6. The molecule has 0 spiro atoms. The number of carbonyl (C=O) groups is 4. The van der Waals surface area contributed by atoms with Crippen LogP contribution in [-0.2, 0) is 14.4 Å². The van der Waals surface area contributed by atoms with Gasteiger partial charge >= 0.3 is 0 Å². The quantitative estimate of drug-likeness (QED) is 0.569. The van der Waals surface area contributed by atoms with Crippen LogP contribution in [0.2, 0.25) is 0 Å². The van der Waals surface area contributed by atoms with Gasteiger partial charge in [0, 0.05) is 57.0 Å². The highest BCUT2D eigenvalue weighted by Gasteiger charge is 2.39. The molecule has 1 N–H and O–H groups in total. The molecular weight excluding hydrogens is 564 g/mol. The Morgan fingerprint density at radius 3 is 2.32 bits per heavy atom. The molecule has 2 fully saturated rings. The maximum Gasteiger partial charge on any atom is 0.253 e. The lowest BCUT2D eigenvalue weighted by Crippen LogP contribution is -2.49. The SMILES string of the molecule is COc1ccc(C(=O)N2C[C@@H]3NC(=O)CN(C(=O)C4CCN(C(C)=O)CC4)CCCOc4cc(ccc4OC)[C@H]3C2)cc1C. The van der Waals surface area contributed by atoms with Gasteiger partial charge in [-0.15, -0.1) is 0 Å². The zero-order valence-corrected chi connectivity index (χ0v) is 26.0. The first-order chi connectivity index (χ1) is 21.2. The molecule has 2 aromatic rings. The van der Waals surface area contributed by atoms with Crippen molar-refractivity contribution in [3.63, 3.8) is 0 Å². The predicted molar refractivity (Wildman–Crippen MR) is 163 cm³/mol. The van der Waals surface area contributed by atoms with E-state index in [-0.39, 0.29) is 48.1 Å². The topological polar surface area (TPSA) is 118 Å². The van der Waals surface area contributed by atoms with E-state index in [1.54, 1.807) is 48.0 Å². The third kappa shape index (κ3) is 6.76. The summed E-state index contributed by atoms with van der Waals surface area (Å²) in [5.74, 6) is 0.979. The van der Waals surface area contributed by atoms with Crippen molar-refractivity contribution < 1.29 is 33.4 Å². The van der Waals surface area contributed by atoms with Crippen molar-refractivity contribution in [1.29, 1.82) is 0 Å². The minimum atomic E-state index is -0.372. The number of carbonyl (C=O) groups excluding carboxylic acids is 4. The number of benzene rings is 2. The molecule has 11 nitrogen and oxygen atoms in total. The van der Waals surface area contributed by atoms with E-state index in [9.17, 15) is 19.2 Å². The summed E-state index contributed by atoms with van der Waals surface area (Å²) in [6.45, 7) is 5.84. The fourth-order valence-electron chi connectivity index (χ4n) is 6.51. The highest BCUT2D eigenvalue weighted by Crippen LogP contribution is 2.36. The van der Waals surface area contributed by atoms with Crippen LogP contribution in [-0.4, -0.2) is 104 Å².